The van der Waals surface area contributed by atoms with E-state index in [1.54, 1.807) is 42.6 Å². The number of aromatic nitrogens is 1. The third-order valence-corrected chi connectivity index (χ3v) is 5.90. The molecule has 36 heavy (non-hydrogen) atoms. The number of nitrogens with zero attached hydrogens (tertiary/aromatic N) is 2. The van der Waals surface area contributed by atoms with E-state index in [0.717, 1.165) is 5.56 Å². The van der Waals surface area contributed by atoms with Crippen molar-refractivity contribution < 1.29 is 28.2 Å². The maximum Gasteiger partial charge on any atom is 0.413 e. The van der Waals surface area contributed by atoms with E-state index >= 15 is 0 Å². The maximum absolute atomic E-state index is 13.1. The quantitative estimate of drug-likeness (QED) is 0.429. The van der Waals surface area contributed by atoms with Crippen LogP contribution < -0.4 is 20.1 Å². The SMILES string of the molecule is C=CCN1C[C@H](OC(=O)Nc2ccccn2)C[C@H]1CNC(=O)c1cc(CCCF)cc(OC)c1OC. The fraction of sp³-hybridized carbons (Fsp3) is 0.423. The van der Waals surface area contributed by atoms with Gasteiger partial charge in [0, 0.05) is 38.3 Å². The number of anilines is 1. The highest BCUT2D eigenvalue weighted by Crippen LogP contribution is 2.33. The largest absolute Gasteiger partial charge is 0.493 e. The Labute approximate surface area is 210 Å². The second-order valence-electron chi connectivity index (χ2n) is 8.38. The summed E-state index contributed by atoms with van der Waals surface area (Å²) in [4.78, 5) is 31.6. The van der Waals surface area contributed by atoms with Gasteiger partial charge in [0.2, 0.25) is 0 Å². The number of benzene rings is 1. The van der Waals surface area contributed by atoms with E-state index in [-0.39, 0.29) is 18.1 Å². The van der Waals surface area contributed by atoms with Crippen LogP contribution in [0.4, 0.5) is 15.0 Å². The van der Waals surface area contributed by atoms with Crippen LogP contribution in [0.3, 0.4) is 0 Å². The van der Waals surface area contributed by atoms with Crippen molar-refractivity contribution in [3.05, 3.63) is 60.3 Å². The molecule has 2 N–H and O–H groups in total. The monoisotopic (exact) mass is 500 g/mol. The average molecular weight is 501 g/mol. The van der Waals surface area contributed by atoms with E-state index < -0.39 is 12.8 Å². The summed E-state index contributed by atoms with van der Waals surface area (Å²) in [7, 11) is 2.96. The summed E-state index contributed by atoms with van der Waals surface area (Å²) in [6, 6.07) is 8.59. The molecular weight excluding hydrogens is 467 g/mol. The lowest BCUT2D eigenvalue weighted by Crippen LogP contribution is -2.40. The van der Waals surface area contributed by atoms with Gasteiger partial charge in [-0.1, -0.05) is 12.1 Å². The van der Waals surface area contributed by atoms with Crippen molar-refractivity contribution in [3.63, 3.8) is 0 Å². The fourth-order valence-corrected chi connectivity index (χ4v) is 4.26. The summed E-state index contributed by atoms with van der Waals surface area (Å²) in [6.45, 7) is 4.78. The molecule has 1 aromatic carbocycles. The lowest BCUT2D eigenvalue weighted by Gasteiger charge is -2.23. The van der Waals surface area contributed by atoms with Crippen molar-refractivity contribution >= 4 is 17.8 Å². The van der Waals surface area contributed by atoms with E-state index in [0.29, 0.717) is 61.8 Å². The summed E-state index contributed by atoms with van der Waals surface area (Å²) in [6.07, 6.45) is 3.79. The predicted octanol–water partition coefficient (Wildman–Crippen LogP) is 3.61. The second kappa shape index (κ2) is 13.4. The van der Waals surface area contributed by atoms with Crippen molar-refractivity contribution in [2.24, 2.45) is 0 Å². The first-order chi connectivity index (χ1) is 17.5. The molecule has 0 unspecified atom stereocenters. The number of pyridine rings is 1. The summed E-state index contributed by atoms with van der Waals surface area (Å²) < 4.78 is 29.1. The number of halogens is 1. The van der Waals surface area contributed by atoms with Crippen molar-refractivity contribution in [2.75, 3.05) is 45.8 Å². The normalized spacial score (nSPS) is 17.3. The van der Waals surface area contributed by atoms with Gasteiger partial charge < -0.3 is 19.5 Å². The molecule has 9 nitrogen and oxygen atoms in total. The van der Waals surface area contributed by atoms with Crippen molar-refractivity contribution in [1.29, 1.82) is 0 Å². The number of likely N-dealkylation sites (tertiary alicyclic amines) is 1. The van der Waals surface area contributed by atoms with Gasteiger partial charge in [-0.3, -0.25) is 19.4 Å². The van der Waals surface area contributed by atoms with E-state index in [1.807, 2.05) is 0 Å². The lowest BCUT2D eigenvalue weighted by molar-refractivity contribution is 0.0937. The Kier molecular flexibility index (Phi) is 10.1. The first-order valence-corrected chi connectivity index (χ1v) is 11.8. The third-order valence-electron chi connectivity index (χ3n) is 5.90. The molecular formula is C26H33FN4O5. The molecule has 1 aromatic heterocycles. The first kappa shape index (κ1) is 26.9. The Balaban J connectivity index is 1.64. The molecule has 1 fully saturated rings. The molecule has 0 bridgehead atoms. The minimum atomic E-state index is -0.580. The summed E-state index contributed by atoms with van der Waals surface area (Å²) >= 11 is 0. The van der Waals surface area contributed by atoms with Crippen LogP contribution >= 0.6 is 0 Å². The average Bonchev–Trinajstić information content (AvgIpc) is 3.26. The molecule has 2 amide bonds. The minimum absolute atomic E-state index is 0.0674. The van der Waals surface area contributed by atoms with Gasteiger partial charge in [0.25, 0.3) is 5.91 Å². The van der Waals surface area contributed by atoms with Crippen molar-refractivity contribution in [3.8, 4) is 11.5 Å². The molecule has 2 atom stereocenters. The molecule has 2 aromatic rings. The Bertz CT molecular complexity index is 1040. The number of nitrogens with one attached hydrogen (secondary N) is 2. The number of carbonyl (C=O) groups excluding carboxylic acids is 2. The Morgan fingerprint density at radius 1 is 1.28 bits per heavy atom. The molecule has 194 valence electrons. The molecule has 2 heterocycles. The first-order valence-electron chi connectivity index (χ1n) is 11.8. The standard InChI is InChI=1S/C26H33FN4O5/c1-4-12-31-17-20(36-26(33)30-23-9-5-6-11-28-23)15-19(31)16-29-25(32)21-13-18(8-7-10-27)14-22(34-2)24(21)35-3/h4-6,9,11,13-14,19-20H,1,7-8,10,12,15-17H2,2-3H3,(H,29,32)(H,28,30,33)/t19-,20+/m0/s1. The summed E-state index contributed by atoms with van der Waals surface area (Å²) in [5.41, 5.74) is 1.11. The Morgan fingerprint density at radius 2 is 2.11 bits per heavy atom. The number of carbonyl (C=O) groups is 2. The van der Waals surface area contributed by atoms with Crippen LogP contribution in [-0.4, -0.2) is 74.6 Å². The van der Waals surface area contributed by atoms with Gasteiger partial charge in [0.1, 0.15) is 11.9 Å². The molecule has 1 aliphatic rings. The van der Waals surface area contributed by atoms with Gasteiger partial charge in [0.15, 0.2) is 11.5 Å². The second-order valence-corrected chi connectivity index (χ2v) is 8.38. The van der Waals surface area contributed by atoms with Crippen LogP contribution in [0.1, 0.15) is 28.8 Å². The number of methoxy groups -OCH3 is 2. The smallest absolute Gasteiger partial charge is 0.413 e. The zero-order valence-corrected chi connectivity index (χ0v) is 20.7. The van der Waals surface area contributed by atoms with Crippen molar-refractivity contribution in [1.82, 2.24) is 15.2 Å². The number of alkyl halides is 1. The highest BCUT2D eigenvalue weighted by molar-refractivity contribution is 5.98. The molecule has 0 spiro atoms. The van der Waals surface area contributed by atoms with Crippen LogP contribution in [-0.2, 0) is 11.2 Å². The molecule has 0 saturated carbocycles. The molecule has 1 aliphatic heterocycles. The van der Waals surface area contributed by atoms with Gasteiger partial charge >= 0.3 is 6.09 Å². The molecule has 1 saturated heterocycles. The van der Waals surface area contributed by atoms with Crippen LogP contribution in [0, 0.1) is 0 Å². The summed E-state index contributed by atoms with van der Waals surface area (Å²) in [5, 5.41) is 5.58. The molecule has 10 heteroatoms. The van der Waals surface area contributed by atoms with Gasteiger partial charge in [-0.25, -0.2) is 9.78 Å². The molecule has 0 aliphatic carbocycles. The van der Waals surface area contributed by atoms with Gasteiger partial charge in [0.05, 0.1) is 26.5 Å². The van der Waals surface area contributed by atoms with Gasteiger partial charge in [-0.2, -0.15) is 0 Å². The van der Waals surface area contributed by atoms with Gasteiger partial charge in [-0.05, 0) is 42.7 Å². The van der Waals surface area contributed by atoms with Crippen LogP contribution in [0.25, 0.3) is 0 Å². The number of hydrogen-bond donors (Lipinski definition) is 2. The number of hydrogen-bond acceptors (Lipinski definition) is 7. The number of rotatable bonds is 12. The number of ether oxygens (including phenoxy) is 3. The third kappa shape index (κ3) is 7.17. The van der Waals surface area contributed by atoms with E-state index in [2.05, 4.69) is 27.1 Å². The fourth-order valence-electron chi connectivity index (χ4n) is 4.26. The highest BCUT2D eigenvalue weighted by Gasteiger charge is 2.34. The Hall–Kier alpha value is -3.66. The highest BCUT2D eigenvalue weighted by atomic mass is 19.1. The Morgan fingerprint density at radius 3 is 2.78 bits per heavy atom. The van der Waals surface area contributed by atoms with E-state index in [1.165, 1.54) is 14.2 Å². The van der Waals surface area contributed by atoms with Crippen LogP contribution in [0.2, 0.25) is 0 Å². The summed E-state index contributed by atoms with van der Waals surface area (Å²) in [5.74, 6) is 0.815. The zero-order chi connectivity index (χ0) is 25.9. The van der Waals surface area contributed by atoms with Crippen LogP contribution in [0.5, 0.6) is 11.5 Å². The van der Waals surface area contributed by atoms with Crippen LogP contribution in [0.15, 0.2) is 49.2 Å². The topological polar surface area (TPSA) is 102 Å². The van der Waals surface area contributed by atoms with E-state index in [4.69, 9.17) is 14.2 Å². The predicted molar refractivity (Wildman–Crippen MR) is 134 cm³/mol. The van der Waals surface area contributed by atoms with E-state index in [9.17, 15) is 14.0 Å². The zero-order valence-electron chi connectivity index (χ0n) is 20.7. The maximum atomic E-state index is 13.1. The van der Waals surface area contributed by atoms with Gasteiger partial charge in [-0.15, -0.1) is 6.58 Å². The number of aryl methyl sites for hydroxylation is 1. The lowest BCUT2D eigenvalue weighted by atomic mass is 10.0. The molecule has 0 radical (unpaired) electrons. The minimum Gasteiger partial charge on any atom is -0.493 e. The van der Waals surface area contributed by atoms with Crippen molar-refractivity contribution in [2.45, 2.75) is 31.4 Å². The molecule has 3 rings (SSSR count). The number of amides is 2.